The summed E-state index contributed by atoms with van der Waals surface area (Å²) in [7, 11) is 2.83. The van der Waals surface area contributed by atoms with E-state index in [9.17, 15) is 9.59 Å². The van der Waals surface area contributed by atoms with Gasteiger partial charge in [0, 0.05) is 12.9 Å². The maximum atomic E-state index is 12.3. The van der Waals surface area contributed by atoms with Gasteiger partial charge in [-0.15, -0.1) is 11.8 Å². The highest BCUT2D eigenvalue weighted by Gasteiger charge is 2.41. The van der Waals surface area contributed by atoms with E-state index in [2.05, 4.69) is 12.1 Å². The highest BCUT2D eigenvalue weighted by atomic mass is 32.2. The first-order valence-electron chi connectivity index (χ1n) is 7.20. The summed E-state index contributed by atoms with van der Waals surface area (Å²) in [5, 5.41) is -0.0213. The molecule has 0 spiro atoms. The number of methoxy groups -OCH3 is 2. The van der Waals surface area contributed by atoms with E-state index in [-0.39, 0.29) is 23.9 Å². The number of ether oxygens (including phenoxy) is 2. The van der Waals surface area contributed by atoms with E-state index in [0.717, 1.165) is 12.8 Å². The van der Waals surface area contributed by atoms with Gasteiger partial charge in [0.15, 0.2) is 0 Å². The largest absolute Gasteiger partial charge is 0.467 e. The summed E-state index contributed by atoms with van der Waals surface area (Å²) < 4.78 is 9.75. The number of carbonyl (C=O) groups is 2. The van der Waals surface area contributed by atoms with Crippen molar-refractivity contribution in [1.82, 2.24) is 4.90 Å². The molecule has 2 unspecified atom stereocenters. The lowest BCUT2D eigenvalue weighted by Gasteiger charge is -2.27. The predicted octanol–water partition coefficient (Wildman–Crippen LogP) is 1.71. The number of amides is 1. The Kier molecular flexibility index (Phi) is 6.27. The molecular formula is C16H21NO4S. The molecule has 1 fully saturated rings. The van der Waals surface area contributed by atoms with Crippen molar-refractivity contribution in [3.05, 3.63) is 35.9 Å². The van der Waals surface area contributed by atoms with Crippen molar-refractivity contribution in [1.29, 1.82) is 0 Å². The van der Waals surface area contributed by atoms with Crippen LogP contribution in [0.4, 0.5) is 0 Å². The molecule has 1 aliphatic rings. The highest BCUT2D eigenvalue weighted by Crippen LogP contribution is 2.32. The minimum atomic E-state index is -0.515. The zero-order valence-electron chi connectivity index (χ0n) is 12.9. The first kappa shape index (κ1) is 16.8. The van der Waals surface area contributed by atoms with E-state index < -0.39 is 6.04 Å². The Morgan fingerprint density at radius 3 is 2.64 bits per heavy atom. The van der Waals surface area contributed by atoms with Gasteiger partial charge in [0.25, 0.3) is 0 Å². The highest BCUT2D eigenvalue weighted by molar-refractivity contribution is 8.00. The SMILES string of the molecule is COCC(=O)N1C(CCc2ccccc2)SCC1C(=O)OC. The molecule has 120 valence electrons. The lowest BCUT2D eigenvalue weighted by molar-refractivity contribution is -0.153. The molecule has 1 heterocycles. The lowest BCUT2D eigenvalue weighted by atomic mass is 10.1. The standard InChI is InChI=1S/C16H21NO4S/c1-20-10-14(18)17-13(16(19)21-2)11-22-15(17)9-8-12-6-4-3-5-7-12/h3-7,13,15H,8-11H2,1-2H3. The van der Waals surface area contributed by atoms with Crippen molar-refractivity contribution in [2.75, 3.05) is 26.6 Å². The molecule has 1 aromatic rings. The lowest BCUT2D eigenvalue weighted by Crippen LogP contribution is -2.47. The molecule has 0 N–H and O–H groups in total. The number of rotatable bonds is 6. The third-order valence-electron chi connectivity index (χ3n) is 3.64. The summed E-state index contributed by atoms with van der Waals surface area (Å²) in [5.74, 6) is 0.0434. The zero-order chi connectivity index (χ0) is 15.9. The van der Waals surface area contributed by atoms with Gasteiger partial charge in [0.05, 0.1) is 12.5 Å². The van der Waals surface area contributed by atoms with Crippen LogP contribution in [0.25, 0.3) is 0 Å². The second-order valence-electron chi connectivity index (χ2n) is 5.09. The van der Waals surface area contributed by atoms with Crippen molar-refractivity contribution in [2.24, 2.45) is 0 Å². The van der Waals surface area contributed by atoms with Gasteiger partial charge in [-0.05, 0) is 18.4 Å². The normalized spacial score (nSPS) is 20.9. The number of nitrogens with zero attached hydrogens (tertiary/aromatic N) is 1. The Bertz CT molecular complexity index is 508. The van der Waals surface area contributed by atoms with Crippen LogP contribution < -0.4 is 0 Å². The molecule has 5 nitrogen and oxygen atoms in total. The number of hydrogen-bond acceptors (Lipinski definition) is 5. The van der Waals surface area contributed by atoms with Crippen LogP contribution in [0, 0.1) is 0 Å². The minimum Gasteiger partial charge on any atom is -0.467 e. The molecule has 2 rings (SSSR count). The predicted molar refractivity (Wildman–Crippen MR) is 85.5 cm³/mol. The quantitative estimate of drug-likeness (QED) is 0.746. The van der Waals surface area contributed by atoms with E-state index in [0.29, 0.717) is 5.75 Å². The monoisotopic (exact) mass is 323 g/mol. The van der Waals surface area contributed by atoms with Crippen LogP contribution in [0.15, 0.2) is 30.3 Å². The molecule has 0 aromatic heterocycles. The first-order chi connectivity index (χ1) is 10.7. The number of aryl methyl sites for hydroxylation is 1. The molecule has 1 amide bonds. The fraction of sp³-hybridized carbons (Fsp3) is 0.500. The Hall–Kier alpha value is -1.53. The summed E-state index contributed by atoms with van der Waals surface area (Å²) in [6, 6.07) is 9.61. The molecule has 0 aliphatic carbocycles. The Labute approximate surface area is 135 Å². The van der Waals surface area contributed by atoms with Gasteiger partial charge in [-0.2, -0.15) is 0 Å². The summed E-state index contributed by atoms with van der Waals surface area (Å²) >= 11 is 1.62. The summed E-state index contributed by atoms with van der Waals surface area (Å²) in [5.41, 5.74) is 1.23. The number of hydrogen-bond donors (Lipinski definition) is 0. The van der Waals surface area contributed by atoms with Gasteiger partial charge >= 0.3 is 5.97 Å². The minimum absolute atomic E-state index is 0.0180. The fourth-order valence-corrected chi connectivity index (χ4v) is 3.98. The van der Waals surface area contributed by atoms with Crippen molar-refractivity contribution in [3.63, 3.8) is 0 Å². The van der Waals surface area contributed by atoms with Gasteiger partial charge < -0.3 is 14.4 Å². The molecule has 6 heteroatoms. The molecule has 0 radical (unpaired) electrons. The maximum absolute atomic E-state index is 12.3. The molecule has 22 heavy (non-hydrogen) atoms. The average molecular weight is 323 g/mol. The zero-order valence-corrected chi connectivity index (χ0v) is 13.7. The second kappa shape index (κ2) is 8.19. The Balaban J connectivity index is 2.05. The van der Waals surface area contributed by atoms with Gasteiger partial charge in [-0.25, -0.2) is 4.79 Å². The van der Waals surface area contributed by atoms with E-state index in [4.69, 9.17) is 9.47 Å². The molecule has 1 aromatic carbocycles. The summed E-state index contributed by atoms with van der Waals surface area (Å²) in [4.78, 5) is 25.8. The number of thioether (sulfide) groups is 1. The summed E-state index contributed by atoms with van der Waals surface area (Å²) in [6.07, 6.45) is 1.67. The van der Waals surface area contributed by atoms with Crippen LogP contribution >= 0.6 is 11.8 Å². The average Bonchev–Trinajstić information content (AvgIpc) is 2.97. The van der Waals surface area contributed by atoms with Crippen LogP contribution in [0.5, 0.6) is 0 Å². The smallest absolute Gasteiger partial charge is 0.329 e. The van der Waals surface area contributed by atoms with Crippen molar-refractivity contribution < 1.29 is 19.1 Å². The third kappa shape index (κ3) is 4.01. The molecule has 1 saturated heterocycles. The van der Waals surface area contributed by atoms with Gasteiger partial charge in [-0.3, -0.25) is 4.79 Å². The van der Waals surface area contributed by atoms with E-state index >= 15 is 0 Å². The topological polar surface area (TPSA) is 55.8 Å². The van der Waals surface area contributed by atoms with Crippen LogP contribution in [-0.2, 0) is 25.5 Å². The number of carbonyl (C=O) groups excluding carboxylic acids is 2. The number of benzene rings is 1. The van der Waals surface area contributed by atoms with Crippen molar-refractivity contribution in [3.8, 4) is 0 Å². The van der Waals surface area contributed by atoms with E-state index in [1.807, 2.05) is 18.2 Å². The Morgan fingerprint density at radius 2 is 2.00 bits per heavy atom. The number of esters is 1. The maximum Gasteiger partial charge on any atom is 0.329 e. The third-order valence-corrected chi connectivity index (χ3v) is 5.00. The molecule has 0 saturated carbocycles. The molecule has 1 aliphatic heterocycles. The molecule has 0 bridgehead atoms. The van der Waals surface area contributed by atoms with Crippen molar-refractivity contribution in [2.45, 2.75) is 24.3 Å². The second-order valence-corrected chi connectivity index (χ2v) is 6.30. The summed E-state index contributed by atoms with van der Waals surface area (Å²) in [6.45, 7) is -0.0180. The van der Waals surface area contributed by atoms with Gasteiger partial charge in [0.1, 0.15) is 12.6 Å². The fourth-order valence-electron chi connectivity index (χ4n) is 2.57. The van der Waals surface area contributed by atoms with Crippen LogP contribution in [0.1, 0.15) is 12.0 Å². The van der Waals surface area contributed by atoms with Gasteiger partial charge in [0.2, 0.25) is 5.91 Å². The van der Waals surface area contributed by atoms with Crippen LogP contribution in [0.2, 0.25) is 0 Å². The molecular weight excluding hydrogens is 302 g/mol. The van der Waals surface area contributed by atoms with Crippen LogP contribution in [0.3, 0.4) is 0 Å². The van der Waals surface area contributed by atoms with E-state index in [1.54, 1.807) is 16.7 Å². The first-order valence-corrected chi connectivity index (χ1v) is 8.25. The van der Waals surface area contributed by atoms with Crippen molar-refractivity contribution >= 4 is 23.6 Å². The van der Waals surface area contributed by atoms with Gasteiger partial charge in [-0.1, -0.05) is 30.3 Å². The van der Waals surface area contributed by atoms with E-state index in [1.165, 1.54) is 19.8 Å². The van der Waals surface area contributed by atoms with Crippen LogP contribution in [-0.4, -0.2) is 54.8 Å². The Morgan fingerprint density at radius 1 is 1.27 bits per heavy atom. The molecule has 2 atom stereocenters.